The van der Waals surface area contributed by atoms with Gasteiger partial charge < -0.3 is 9.84 Å². The highest BCUT2D eigenvalue weighted by atomic mass is 32.2. The van der Waals surface area contributed by atoms with Gasteiger partial charge in [0.25, 0.3) is 10.0 Å². The summed E-state index contributed by atoms with van der Waals surface area (Å²) in [7, 11) is -3.69. The summed E-state index contributed by atoms with van der Waals surface area (Å²) in [6.07, 6.45) is 4.74. The third-order valence-electron chi connectivity index (χ3n) is 3.38. The van der Waals surface area contributed by atoms with E-state index in [1.807, 2.05) is 13.8 Å². The molecule has 0 fully saturated rings. The molecule has 0 saturated heterocycles. The highest BCUT2D eigenvalue weighted by molar-refractivity contribution is 7.94. The highest BCUT2D eigenvalue weighted by Crippen LogP contribution is 2.31. The molecule has 7 nitrogen and oxygen atoms in total. The zero-order chi connectivity index (χ0) is 17.9. The van der Waals surface area contributed by atoms with E-state index in [0.717, 1.165) is 16.9 Å². The van der Waals surface area contributed by atoms with Gasteiger partial charge >= 0.3 is 0 Å². The minimum atomic E-state index is -3.69. The Bertz CT molecular complexity index is 934. The summed E-state index contributed by atoms with van der Waals surface area (Å²) < 4.78 is 33.3. The maximum atomic E-state index is 12.7. The molecule has 2 N–H and O–H groups in total. The summed E-state index contributed by atoms with van der Waals surface area (Å²) >= 11 is 1.13. The second-order valence-electron chi connectivity index (χ2n) is 5.67. The van der Waals surface area contributed by atoms with E-state index < -0.39 is 10.0 Å². The SMILES string of the molecule is CC(C)NCc1cnccc1NS(=O)(=O)c1ccc(-c2ccno2)s1. The van der Waals surface area contributed by atoms with E-state index in [1.54, 1.807) is 36.7 Å². The van der Waals surface area contributed by atoms with Gasteiger partial charge in [-0.15, -0.1) is 11.3 Å². The summed E-state index contributed by atoms with van der Waals surface area (Å²) in [6, 6.07) is 6.88. The molecule has 132 valence electrons. The number of hydrogen-bond donors (Lipinski definition) is 2. The predicted octanol–water partition coefficient (Wildman–Crippen LogP) is 3.10. The van der Waals surface area contributed by atoms with Gasteiger partial charge in [-0.2, -0.15) is 0 Å². The molecule has 0 unspecified atom stereocenters. The Morgan fingerprint density at radius 3 is 2.76 bits per heavy atom. The smallest absolute Gasteiger partial charge is 0.271 e. The van der Waals surface area contributed by atoms with Gasteiger partial charge in [0, 0.05) is 36.6 Å². The number of nitrogens with zero attached hydrogens (tertiary/aromatic N) is 2. The minimum Gasteiger partial charge on any atom is -0.355 e. The van der Waals surface area contributed by atoms with Crippen molar-refractivity contribution in [2.45, 2.75) is 30.6 Å². The molecule has 0 aliphatic heterocycles. The van der Waals surface area contributed by atoms with Crippen LogP contribution in [0.15, 0.2) is 51.6 Å². The molecular weight excluding hydrogens is 360 g/mol. The lowest BCUT2D eigenvalue weighted by Crippen LogP contribution is -2.23. The van der Waals surface area contributed by atoms with E-state index in [1.165, 1.54) is 6.20 Å². The predicted molar refractivity (Wildman–Crippen MR) is 96.8 cm³/mol. The summed E-state index contributed by atoms with van der Waals surface area (Å²) in [6.45, 7) is 4.57. The van der Waals surface area contributed by atoms with Crippen molar-refractivity contribution in [1.82, 2.24) is 15.5 Å². The summed E-state index contributed by atoms with van der Waals surface area (Å²) in [5.74, 6) is 0.539. The second-order valence-corrected chi connectivity index (χ2v) is 8.66. The summed E-state index contributed by atoms with van der Waals surface area (Å²) in [4.78, 5) is 4.78. The normalized spacial score (nSPS) is 11.8. The van der Waals surface area contributed by atoms with Crippen LogP contribution in [0, 0.1) is 0 Å². The van der Waals surface area contributed by atoms with Crippen molar-refractivity contribution >= 4 is 27.0 Å². The maximum Gasteiger partial charge on any atom is 0.271 e. The molecular formula is C16H18N4O3S2. The van der Waals surface area contributed by atoms with Crippen LogP contribution in [0.4, 0.5) is 5.69 Å². The standard InChI is InChI=1S/C16H18N4O3S2/c1-11(2)18-10-12-9-17-7-5-13(12)20-25(21,22)16-4-3-15(24-16)14-6-8-19-23-14/h3-9,11,18H,10H2,1-2H3,(H,17,20). The lowest BCUT2D eigenvalue weighted by Gasteiger charge is -2.13. The first-order chi connectivity index (χ1) is 12.0. The van der Waals surface area contributed by atoms with E-state index >= 15 is 0 Å². The van der Waals surface area contributed by atoms with Gasteiger partial charge in [0.15, 0.2) is 5.76 Å². The van der Waals surface area contributed by atoms with E-state index in [-0.39, 0.29) is 10.3 Å². The van der Waals surface area contributed by atoms with Crippen molar-refractivity contribution in [2.75, 3.05) is 4.72 Å². The van der Waals surface area contributed by atoms with Crippen LogP contribution in [0.5, 0.6) is 0 Å². The first-order valence-electron chi connectivity index (χ1n) is 7.65. The van der Waals surface area contributed by atoms with Crippen LogP contribution in [-0.2, 0) is 16.6 Å². The first kappa shape index (κ1) is 17.6. The maximum absolute atomic E-state index is 12.7. The lowest BCUT2D eigenvalue weighted by molar-refractivity contribution is 0.433. The van der Waals surface area contributed by atoms with Gasteiger partial charge in [-0.3, -0.25) is 9.71 Å². The Morgan fingerprint density at radius 2 is 2.04 bits per heavy atom. The van der Waals surface area contributed by atoms with E-state index in [4.69, 9.17) is 4.52 Å². The monoisotopic (exact) mass is 378 g/mol. The molecule has 3 rings (SSSR count). The minimum absolute atomic E-state index is 0.207. The fourth-order valence-electron chi connectivity index (χ4n) is 2.12. The lowest BCUT2D eigenvalue weighted by atomic mass is 10.2. The summed E-state index contributed by atoms with van der Waals surface area (Å²) in [5.41, 5.74) is 1.30. The van der Waals surface area contributed by atoms with Gasteiger partial charge in [0.2, 0.25) is 0 Å². The fraction of sp³-hybridized carbons (Fsp3) is 0.250. The molecule has 9 heteroatoms. The van der Waals surface area contributed by atoms with Crippen LogP contribution in [0.25, 0.3) is 10.6 Å². The molecule has 0 aromatic carbocycles. The molecule has 0 amide bonds. The number of rotatable bonds is 7. The van der Waals surface area contributed by atoms with Gasteiger partial charge in [-0.05, 0) is 18.2 Å². The van der Waals surface area contributed by atoms with Crippen LogP contribution in [-0.4, -0.2) is 24.6 Å². The molecule has 0 spiro atoms. The van der Waals surface area contributed by atoms with E-state index in [9.17, 15) is 8.42 Å². The molecule has 0 aliphatic rings. The van der Waals surface area contributed by atoms with Crippen molar-refractivity contribution < 1.29 is 12.9 Å². The van der Waals surface area contributed by atoms with Crippen LogP contribution in [0.2, 0.25) is 0 Å². The van der Waals surface area contributed by atoms with Crippen LogP contribution in [0.3, 0.4) is 0 Å². The molecule has 0 radical (unpaired) electrons. The molecule has 25 heavy (non-hydrogen) atoms. The molecule has 0 bridgehead atoms. The molecule has 0 saturated carbocycles. The van der Waals surface area contributed by atoms with Crippen molar-refractivity contribution in [3.8, 4) is 10.6 Å². The number of nitrogens with one attached hydrogen (secondary N) is 2. The molecule has 3 aromatic rings. The van der Waals surface area contributed by atoms with Gasteiger partial charge in [0.1, 0.15) is 4.21 Å². The summed E-state index contributed by atoms with van der Waals surface area (Å²) in [5, 5.41) is 6.90. The van der Waals surface area contributed by atoms with Gasteiger partial charge in [-0.1, -0.05) is 19.0 Å². The molecule has 3 aromatic heterocycles. The van der Waals surface area contributed by atoms with Crippen molar-refractivity contribution in [1.29, 1.82) is 0 Å². The number of hydrogen-bond acceptors (Lipinski definition) is 7. The van der Waals surface area contributed by atoms with Crippen LogP contribution < -0.4 is 10.0 Å². The zero-order valence-electron chi connectivity index (χ0n) is 13.8. The Hall–Kier alpha value is -2.23. The largest absolute Gasteiger partial charge is 0.355 e. The number of aromatic nitrogens is 2. The third kappa shape index (κ3) is 4.25. The quantitative estimate of drug-likeness (QED) is 0.656. The average Bonchev–Trinajstić information content (AvgIpc) is 3.25. The first-order valence-corrected chi connectivity index (χ1v) is 9.95. The van der Waals surface area contributed by atoms with Crippen molar-refractivity contribution in [2.24, 2.45) is 0 Å². The van der Waals surface area contributed by atoms with Gasteiger partial charge in [0.05, 0.1) is 16.8 Å². The van der Waals surface area contributed by atoms with E-state index in [2.05, 4.69) is 20.2 Å². The van der Waals surface area contributed by atoms with Crippen LogP contribution >= 0.6 is 11.3 Å². The molecule has 3 heterocycles. The van der Waals surface area contributed by atoms with Crippen molar-refractivity contribution in [3.63, 3.8) is 0 Å². The van der Waals surface area contributed by atoms with Gasteiger partial charge in [-0.25, -0.2) is 8.42 Å². The second kappa shape index (κ2) is 7.34. The highest BCUT2D eigenvalue weighted by Gasteiger charge is 2.20. The number of anilines is 1. The Labute approximate surface area is 150 Å². The van der Waals surface area contributed by atoms with E-state index in [0.29, 0.717) is 22.9 Å². The Morgan fingerprint density at radius 1 is 1.20 bits per heavy atom. The Balaban J connectivity index is 1.83. The topological polar surface area (TPSA) is 97.1 Å². The average molecular weight is 378 g/mol. The molecule has 0 atom stereocenters. The third-order valence-corrected chi connectivity index (χ3v) is 6.33. The Kier molecular flexibility index (Phi) is 5.16. The van der Waals surface area contributed by atoms with Crippen molar-refractivity contribution in [3.05, 3.63) is 48.4 Å². The number of pyridine rings is 1. The number of sulfonamides is 1. The molecule has 0 aliphatic carbocycles. The zero-order valence-corrected chi connectivity index (χ0v) is 15.4. The van der Waals surface area contributed by atoms with Crippen LogP contribution in [0.1, 0.15) is 19.4 Å². The fourth-order valence-corrected chi connectivity index (χ4v) is 4.48. The number of thiophene rings is 1.